The van der Waals surface area contributed by atoms with Gasteiger partial charge in [0, 0.05) is 29.1 Å². The van der Waals surface area contributed by atoms with Crippen molar-refractivity contribution in [1.29, 1.82) is 0 Å². The summed E-state index contributed by atoms with van der Waals surface area (Å²) in [6, 6.07) is 19.4. The van der Waals surface area contributed by atoms with Gasteiger partial charge in [0.2, 0.25) is 21.8 Å². The number of nitrogens with one attached hydrogen (secondary N) is 1. The molecule has 0 saturated heterocycles. The molecule has 0 heterocycles. The summed E-state index contributed by atoms with van der Waals surface area (Å²) in [6.07, 6.45) is 1.89. The fourth-order valence-electron chi connectivity index (χ4n) is 4.08. The summed E-state index contributed by atoms with van der Waals surface area (Å²) in [5.41, 5.74) is 1.54. The molecule has 0 saturated carbocycles. The highest BCUT2D eigenvalue weighted by atomic mass is 35.5. The highest BCUT2D eigenvalue weighted by Gasteiger charge is 2.34. The first-order valence-corrected chi connectivity index (χ1v) is 15.7. The predicted molar refractivity (Wildman–Crippen MR) is 162 cm³/mol. The Kier molecular flexibility index (Phi) is 11.3. The van der Waals surface area contributed by atoms with Gasteiger partial charge in [0.15, 0.2) is 0 Å². The molecule has 3 aromatic rings. The third kappa shape index (κ3) is 8.61. The number of sulfonamides is 1. The van der Waals surface area contributed by atoms with Crippen LogP contribution in [0.4, 0.5) is 5.69 Å². The van der Waals surface area contributed by atoms with Gasteiger partial charge in [-0.2, -0.15) is 0 Å². The van der Waals surface area contributed by atoms with E-state index in [0.29, 0.717) is 22.0 Å². The van der Waals surface area contributed by atoms with E-state index < -0.39 is 28.5 Å². The molecule has 40 heavy (non-hydrogen) atoms. The van der Waals surface area contributed by atoms with E-state index in [-0.39, 0.29) is 35.6 Å². The van der Waals surface area contributed by atoms with Crippen LogP contribution in [0.15, 0.2) is 72.8 Å². The van der Waals surface area contributed by atoms with Gasteiger partial charge in [0.1, 0.15) is 12.6 Å². The van der Waals surface area contributed by atoms with Crippen LogP contribution in [0.1, 0.15) is 31.4 Å². The third-order valence-electron chi connectivity index (χ3n) is 6.43. The SMILES string of the molecule is CC[C@@H](C)NC(=O)[C@H](Cc1ccccc1)N(Cc1ccc(Cl)cc1Cl)C(=O)CN(c1ccccc1Cl)S(C)(=O)=O. The minimum atomic E-state index is -3.93. The first kappa shape index (κ1) is 31.7. The summed E-state index contributed by atoms with van der Waals surface area (Å²) in [5.74, 6) is -0.961. The van der Waals surface area contributed by atoms with Gasteiger partial charge in [-0.25, -0.2) is 8.42 Å². The maximum Gasteiger partial charge on any atom is 0.244 e. The number of carbonyl (C=O) groups excluding carboxylic acids is 2. The summed E-state index contributed by atoms with van der Waals surface area (Å²) in [4.78, 5) is 29.1. The molecule has 3 aromatic carbocycles. The summed E-state index contributed by atoms with van der Waals surface area (Å²) in [7, 11) is -3.93. The van der Waals surface area contributed by atoms with Crippen molar-refractivity contribution >= 4 is 62.3 Å². The lowest BCUT2D eigenvalue weighted by molar-refractivity contribution is -0.140. The summed E-state index contributed by atoms with van der Waals surface area (Å²) >= 11 is 18.9. The monoisotopic (exact) mass is 623 g/mol. The van der Waals surface area contributed by atoms with Crippen LogP contribution < -0.4 is 9.62 Å². The topological polar surface area (TPSA) is 86.8 Å². The molecule has 7 nitrogen and oxygen atoms in total. The maximum absolute atomic E-state index is 14.1. The number of anilines is 1. The molecule has 1 N–H and O–H groups in total. The van der Waals surface area contributed by atoms with Gasteiger partial charge in [-0.3, -0.25) is 13.9 Å². The molecule has 0 aromatic heterocycles. The summed E-state index contributed by atoms with van der Waals surface area (Å²) in [5, 5.41) is 3.89. The molecule has 0 unspecified atom stereocenters. The van der Waals surface area contributed by atoms with Gasteiger partial charge in [-0.15, -0.1) is 0 Å². The molecule has 2 atom stereocenters. The molecular formula is C29H32Cl3N3O4S. The number of hydrogen-bond donors (Lipinski definition) is 1. The Labute approximate surface area is 251 Å². The van der Waals surface area contributed by atoms with E-state index in [2.05, 4.69) is 5.32 Å². The standard InChI is InChI=1S/C29H32Cl3N3O4S/c1-4-20(2)33-29(37)27(16-21-10-6-5-7-11-21)34(18-22-14-15-23(30)17-25(22)32)28(36)19-35(40(3,38)39)26-13-9-8-12-24(26)31/h5-15,17,20,27H,4,16,18-19H2,1-3H3,(H,33,37)/t20-,27+/m1/s1. The third-order valence-corrected chi connectivity index (χ3v) is 8.46. The van der Waals surface area contributed by atoms with Crippen LogP contribution in [0.3, 0.4) is 0 Å². The van der Waals surface area contributed by atoms with Crippen molar-refractivity contribution in [3.8, 4) is 0 Å². The van der Waals surface area contributed by atoms with Crippen LogP contribution in [-0.2, 0) is 32.6 Å². The van der Waals surface area contributed by atoms with Crippen LogP contribution in [0.25, 0.3) is 0 Å². The van der Waals surface area contributed by atoms with Gasteiger partial charge in [-0.1, -0.05) is 90.3 Å². The lowest BCUT2D eigenvalue weighted by Crippen LogP contribution is -2.54. The molecule has 0 aliphatic heterocycles. The molecule has 0 bridgehead atoms. The number of rotatable bonds is 12. The van der Waals surface area contributed by atoms with Crippen LogP contribution in [0, 0.1) is 0 Å². The van der Waals surface area contributed by atoms with E-state index in [0.717, 1.165) is 16.1 Å². The van der Waals surface area contributed by atoms with E-state index in [1.807, 2.05) is 44.2 Å². The average Bonchev–Trinajstić information content (AvgIpc) is 2.90. The van der Waals surface area contributed by atoms with E-state index in [1.54, 1.807) is 36.4 Å². The van der Waals surface area contributed by atoms with E-state index >= 15 is 0 Å². The smallest absolute Gasteiger partial charge is 0.244 e. The van der Waals surface area contributed by atoms with Gasteiger partial charge in [0.05, 0.1) is 17.0 Å². The fraction of sp³-hybridized carbons (Fsp3) is 0.310. The molecule has 214 valence electrons. The van der Waals surface area contributed by atoms with Gasteiger partial charge in [0.25, 0.3) is 0 Å². The van der Waals surface area contributed by atoms with Crippen molar-refractivity contribution in [2.45, 2.75) is 45.3 Å². The van der Waals surface area contributed by atoms with E-state index in [4.69, 9.17) is 34.8 Å². The highest BCUT2D eigenvalue weighted by molar-refractivity contribution is 7.92. The molecule has 0 radical (unpaired) electrons. The Morgan fingerprint density at radius 3 is 2.17 bits per heavy atom. The van der Waals surface area contributed by atoms with Crippen LogP contribution in [0.2, 0.25) is 15.1 Å². The Morgan fingerprint density at radius 1 is 0.925 bits per heavy atom. The largest absolute Gasteiger partial charge is 0.352 e. The summed E-state index contributed by atoms with van der Waals surface area (Å²) in [6.45, 7) is 3.19. The van der Waals surface area contributed by atoms with Crippen molar-refractivity contribution in [2.75, 3.05) is 17.1 Å². The first-order chi connectivity index (χ1) is 18.9. The number of para-hydroxylation sites is 1. The second kappa shape index (κ2) is 14.2. The zero-order valence-corrected chi connectivity index (χ0v) is 25.6. The van der Waals surface area contributed by atoms with Gasteiger partial charge < -0.3 is 10.2 Å². The Balaban J connectivity index is 2.10. The highest BCUT2D eigenvalue weighted by Crippen LogP contribution is 2.28. The number of halogens is 3. The molecular weight excluding hydrogens is 593 g/mol. The normalized spacial score (nSPS) is 12.8. The van der Waals surface area contributed by atoms with Crippen LogP contribution in [0.5, 0.6) is 0 Å². The molecule has 2 amide bonds. The second-order valence-corrected chi connectivity index (χ2v) is 12.7. The number of amides is 2. The van der Waals surface area contributed by atoms with Crippen LogP contribution in [-0.4, -0.2) is 50.0 Å². The average molecular weight is 625 g/mol. The van der Waals surface area contributed by atoms with Crippen molar-refractivity contribution in [3.05, 3.63) is 99.0 Å². The Hall–Kier alpha value is -2.78. The predicted octanol–water partition coefficient (Wildman–Crippen LogP) is 5.97. The zero-order chi connectivity index (χ0) is 29.4. The van der Waals surface area contributed by atoms with Crippen LogP contribution >= 0.6 is 34.8 Å². The quantitative estimate of drug-likeness (QED) is 0.269. The van der Waals surface area contributed by atoms with E-state index in [9.17, 15) is 18.0 Å². The Morgan fingerprint density at radius 2 is 1.57 bits per heavy atom. The Bertz CT molecular complexity index is 1440. The zero-order valence-electron chi connectivity index (χ0n) is 22.5. The van der Waals surface area contributed by atoms with Crippen molar-refractivity contribution < 1.29 is 18.0 Å². The lowest BCUT2D eigenvalue weighted by atomic mass is 10.0. The maximum atomic E-state index is 14.1. The fourth-order valence-corrected chi connectivity index (χ4v) is 5.69. The number of hydrogen-bond acceptors (Lipinski definition) is 4. The minimum Gasteiger partial charge on any atom is -0.352 e. The van der Waals surface area contributed by atoms with Crippen molar-refractivity contribution in [3.63, 3.8) is 0 Å². The number of nitrogens with zero attached hydrogens (tertiary/aromatic N) is 2. The summed E-state index contributed by atoms with van der Waals surface area (Å²) < 4.78 is 26.7. The van der Waals surface area contributed by atoms with Gasteiger partial charge in [-0.05, 0) is 48.7 Å². The minimum absolute atomic E-state index is 0.0552. The molecule has 3 rings (SSSR count). The number of carbonyl (C=O) groups is 2. The molecule has 0 aliphatic rings. The molecule has 0 aliphatic carbocycles. The molecule has 0 spiro atoms. The lowest BCUT2D eigenvalue weighted by Gasteiger charge is -2.34. The molecule has 11 heteroatoms. The number of benzene rings is 3. The second-order valence-electron chi connectivity index (χ2n) is 9.50. The molecule has 0 fully saturated rings. The van der Waals surface area contributed by atoms with Crippen molar-refractivity contribution in [2.24, 2.45) is 0 Å². The van der Waals surface area contributed by atoms with E-state index in [1.165, 1.54) is 11.0 Å². The van der Waals surface area contributed by atoms with Crippen molar-refractivity contribution in [1.82, 2.24) is 10.2 Å². The van der Waals surface area contributed by atoms with Gasteiger partial charge >= 0.3 is 0 Å². The first-order valence-electron chi connectivity index (χ1n) is 12.7.